The summed E-state index contributed by atoms with van der Waals surface area (Å²) < 4.78 is 0. The maximum atomic E-state index is 12.7. The van der Waals surface area contributed by atoms with Gasteiger partial charge in [0.2, 0.25) is 5.91 Å². The Morgan fingerprint density at radius 3 is 2.57 bits per heavy atom. The van der Waals surface area contributed by atoms with Crippen molar-refractivity contribution in [3.8, 4) is 6.07 Å². The van der Waals surface area contributed by atoms with Gasteiger partial charge in [-0.2, -0.15) is 5.26 Å². The minimum Gasteiger partial charge on any atom is -0.325 e. The molecule has 2 N–H and O–H groups in total. The average molecular weight is 390 g/mol. The summed E-state index contributed by atoms with van der Waals surface area (Å²) >= 11 is 1.67. The number of carbonyl (C=O) groups is 1. The molecule has 0 saturated heterocycles. The summed E-state index contributed by atoms with van der Waals surface area (Å²) in [7, 11) is 0. The summed E-state index contributed by atoms with van der Waals surface area (Å²) in [5, 5.41) is 17.4. The molecule has 1 amide bonds. The molecule has 0 fully saturated rings. The molecule has 2 atom stereocenters. The first-order valence-corrected chi connectivity index (χ1v) is 10.2. The van der Waals surface area contributed by atoms with Crippen molar-refractivity contribution < 1.29 is 4.79 Å². The van der Waals surface area contributed by atoms with E-state index in [9.17, 15) is 4.79 Å². The number of amides is 1. The van der Waals surface area contributed by atoms with Gasteiger partial charge in [0.25, 0.3) is 0 Å². The molecule has 0 unspecified atom stereocenters. The van der Waals surface area contributed by atoms with Crippen LogP contribution in [0.5, 0.6) is 0 Å². The van der Waals surface area contributed by atoms with Crippen molar-refractivity contribution in [2.45, 2.75) is 32.4 Å². The standard InChI is InChI=1S/C23H23N3OS/c1-3-17-9-11-19(12-10-17)22(21-8-5-13-28-21)25-16(2)23(27)26-20-7-4-6-18(14-20)15-24/h4-14,16,22,25H,3H2,1-2H3,(H,26,27)/t16-,22-/m1/s1. The normalized spacial score (nSPS) is 12.8. The van der Waals surface area contributed by atoms with E-state index in [-0.39, 0.29) is 11.9 Å². The highest BCUT2D eigenvalue weighted by atomic mass is 32.1. The molecule has 5 heteroatoms. The second kappa shape index (κ2) is 9.32. The number of rotatable bonds is 7. The largest absolute Gasteiger partial charge is 0.325 e. The van der Waals surface area contributed by atoms with Crippen LogP contribution in [0.1, 0.15) is 41.5 Å². The Kier molecular flexibility index (Phi) is 6.59. The van der Waals surface area contributed by atoms with Gasteiger partial charge in [-0.3, -0.25) is 10.1 Å². The van der Waals surface area contributed by atoms with Gasteiger partial charge in [0.1, 0.15) is 0 Å². The Morgan fingerprint density at radius 1 is 1.14 bits per heavy atom. The van der Waals surface area contributed by atoms with Crippen molar-refractivity contribution in [2.75, 3.05) is 5.32 Å². The minimum absolute atomic E-state index is 0.0582. The van der Waals surface area contributed by atoms with E-state index in [4.69, 9.17) is 5.26 Å². The van der Waals surface area contributed by atoms with E-state index in [1.54, 1.807) is 35.6 Å². The lowest BCUT2D eigenvalue weighted by Crippen LogP contribution is -2.40. The molecule has 0 aliphatic carbocycles. The summed E-state index contributed by atoms with van der Waals surface area (Å²) in [5.74, 6) is -0.137. The van der Waals surface area contributed by atoms with Crippen LogP contribution in [0.15, 0.2) is 66.0 Å². The fraction of sp³-hybridized carbons (Fsp3) is 0.217. The van der Waals surface area contributed by atoms with Crippen molar-refractivity contribution >= 4 is 22.9 Å². The Balaban J connectivity index is 1.76. The number of carbonyl (C=O) groups excluding carboxylic acids is 1. The Labute approximate surface area is 169 Å². The zero-order chi connectivity index (χ0) is 19.9. The first-order valence-electron chi connectivity index (χ1n) is 9.30. The van der Waals surface area contributed by atoms with Gasteiger partial charge in [-0.05, 0) is 54.1 Å². The molecule has 0 aliphatic rings. The summed E-state index contributed by atoms with van der Waals surface area (Å²) in [4.78, 5) is 13.9. The molecule has 0 aliphatic heterocycles. The number of hydrogen-bond donors (Lipinski definition) is 2. The Morgan fingerprint density at radius 2 is 1.93 bits per heavy atom. The second-order valence-corrected chi connectivity index (χ2v) is 7.59. The van der Waals surface area contributed by atoms with E-state index in [0.29, 0.717) is 11.3 Å². The fourth-order valence-corrected chi connectivity index (χ4v) is 3.80. The number of thiophene rings is 1. The van der Waals surface area contributed by atoms with Crippen LogP contribution >= 0.6 is 11.3 Å². The molecule has 142 valence electrons. The number of anilines is 1. The van der Waals surface area contributed by atoms with Gasteiger partial charge in [0, 0.05) is 10.6 Å². The third-order valence-electron chi connectivity index (χ3n) is 4.62. The van der Waals surface area contributed by atoms with Crippen molar-refractivity contribution in [3.05, 3.63) is 87.6 Å². The number of benzene rings is 2. The molecule has 1 aromatic heterocycles. The third kappa shape index (κ3) is 4.86. The molecule has 1 heterocycles. The molecule has 0 saturated carbocycles. The van der Waals surface area contributed by atoms with E-state index in [1.807, 2.05) is 18.4 Å². The highest BCUT2D eigenvalue weighted by Gasteiger charge is 2.21. The lowest BCUT2D eigenvalue weighted by molar-refractivity contribution is -0.117. The maximum absolute atomic E-state index is 12.7. The maximum Gasteiger partial charge on any atom is 0.241 e. The molecular weight excluding hydrogens is 366 g/mol. The predicted molar refractivity (Wildman–Crippen MR) is 114 cm³/mol. The lowest BCUT2D eigenvalue weighted by Gasteiger charge is -2.23. The van der Waals surface area contributed by atoms with Gasteiger partial charge < -0.3 is 5.32 Å². The number of aryl methyl sites for hydroxylation is 1. The zero-order valence-corrected chi connectivity index (χ0v) is 16.8. The third-order valence-corrected chi connectivity index (χ3v) is 5.56. The first kappa shape index (κ1) is 19.8. The van der Waals surface area contributed by atoms with Crippen LogP contribution in [0.4, 0.5) is 5.69 Å². The second-order valence-electron chi connectivity index (χ2n) is 6.61. The molecule has 28 heavy (non-hydrogen) atoms. The van der Waals surface area contributed by atoms with Crippen molar-refractivity contribution in [1.82, 2.24) is 5.32 Å². The number of nitrogens with one attached hydrogen (secondary N) is 2. The van der Waals surface area contributed by atoms with E-state index in [1.165, 1.54) is 5.56 Å². The summed E-state index contributed by atoms with van der Waals surface area (Å²) in [6.45, 7) is 3.99. The van der Waals surface area contributed by atoms with Gasteiger partial charge in [0.05, 0.1) is 23.7 Å². The molecule has 0 bridgehead atoms. The van der Waals surface area contributed by atoms with E-state index in [0.717, 1.165) is 16.9 Å². The van der Waals surface area contributed by atoms with E-state index < -0.39 is 6.04 Å². The molecule has 0 spiro atoms. The number of nitriles is 1. The van der Waals surface area contributed by atoms with Gasteiger partial charge in [-0.1, -0.05) is 43.3 Å². The highest BCUT2D eigenvalue weighted by Crippen LogP contribution is 2.27. The van der Waals surface area contributed by atoms with Crippen molar-refractivity contribution in [1.29, 1.82) is 5.26 Å². The molecule has 0 radical (unpaired) electrons. The van der Waals surface area contributed by atoms with Crippen molar-refractivity contribution in [3.63, 3.8) is 0 Å². The van der Waals surface area contributed by atoms with Crippen LogP contribution in [0.2, 0.25) is 0 Å². The Bertz CT molecular complexity index is 958. The number of hydrogen-bond acceptors (Lipinski definition) is 4. The average Bonchev–Trinajstić information content (AvgIpc) is 3.26. The Hall–Kier alpha value is -2.94. The molecule has 3 aromatic rings. The van der Waals surface area contributed by atoms with Crippen LogP contribution < -0.4 is 10.6 Å². The predicted octanol–water partition coefficient (Wildman–Crippen LogP) is 4.89. The van der Waals surface area contributed by atoms with Crippen LogP contribution in [-0.4, -0.2) is 11.9 Å². The van der Waals surface area contributed by atoms with E-state index >= 15 is 0 Å². The molecule has 3 rings (SSSR count). The fourth-order valence-electron chi connectivity index (χ4n) is 2.99. The summed E-state index contributed by atoms with van der Waals surface area (Å²) in [6, 6.07) is 21.2. The lowest BCUT2D eigenvalue weighted by atomic mass is 10.0. The highest BCUT2D eigenvalue weighted by molar-refractivity contribution is 7.10. The molecule has 4 nitrogen and oxygen atoms in total. The first-order chi connectivity index (χ1) is 13.6. The topological polar surface area (TPSA) is 64.9 Å². The van der Waals surface area contributed by atoms with Crippen molar-refractivity contribution in [2.24, 2.45) is 0 Å². The van der Waals surface area contributed by atoms with Crippen LogP contribution in [-0.2, 0) is 11.2 Å². The van der Waals surface area contributed by atoms with Gasteiger partial charge in [-0.15, -0.1) is 11.3 Å². The number of nitrogens with zero attached hydrogens (tertiary/aromatic N) is 1. The smallest absolute Gasteiger partial charge is 0.241 e. The van der Waals surface area contributed by atoms with Gasteiger partial charge in [0.15, 0.2) is 0 Å². The van der Waals surface area contributed by atoms with Crippen LogP contribution in [0.3, 0.4) is 0 Å². The quantitative estimate of drug-likeness (QED) is 0.605. The summed E-state index contributed by atoms with van der Waals surface area (Å²) in [6.07, 6.45) is 0.998. The summed E-state index contributed by atoms with van der Waals surface area (Å²) in [5.41, 5.74) is 3.56. The van der Waals surface area contributed by atoms with Crippen LogP contribution in [0.25, 0.3) is 0 Å². The zero-order valence-electron chi connectivity index (χ0n) is 16.0. The van der Waals surface area contributed by atoms with Gasteiger partial charge >= 0.3 is 0 Å². The van der Waals surface area contributed by atoms with Gasteiger partial charge in [-0.25, -0.2) is 0 Å². The monoisotopic (exact) mass is 389 g/mol. The van der Waals surface area contributed by atoms with Crippen LogP contribution in [0, 0.1) is 11.3 Å². The van der Waals surface area contributed by atoms with E-state index in [2.05, 4.69) is 54.0 Å². The molecular formula is C23H23N3OS. The SMILES string of the molecule is CCc1ccc([C@@H](N[C@H](C)C(=O)Nc2cccc(C#N)c2)c2cccs2)cc1. The minimum atomic E-state index is -0.413. The molecule has 2 aromatic carbocycles.